The number of phenols is 1. The molecule has 0 bridgehead atoms. The summed E-state index contributed by atoms with van der Waals surface area (Å²) in [6, 6.07) is 1.69. The van der Waals surface area contributed by atoms with Gasteiger partial charge in [0.15, 0.2) is 5.78 Å². The van der Waals surface area contributed by atoms with Crippen LogP contribution in [0, 0.1) is 0 Å². The summed E-state index contributed by atoms with van der Waals surface area (Å²) in [4.78, 5) is 11.5. The zero-order valence-corrected chi connectivity index (χ0v) is 9.54. The van der Waals surface area contributed by atoms with Gasteiger partial charge in [-0.1, -0.05) is 0 Å². The summed E-state index contributed by atoms with van der Waals surface area (Å²) in [5.41, 5.74) is 3.41. The Balaban J connectivity index is 3.39. The quantitative estimate of drug-likeness (QED) is 0.814. The van der Waals surface area contributed by atoms with Crippen molar-refractivity contribution in [3.63, 3.8) is 0 Å². The molecule has 0 saturated carbocycles. The summed E-state index contributed by atoms with van der Waals surface area (Å²) in [5.74, 6) is -1.92. The van der Waals surface area contributed by atoms with Crippen LogP contribution in [-0.2, 0) is 6.18 Å². The Bertz CT molecular complexity index is 458. The van der Waals surface area contributed by atoms with Crippen LogP contribution in [0.5, 0.6) is 11.5 Å². The van der Waals surface area contributed by atoms with Crippen LogP contribution in [0.4, 0.5) is 13.2 Å². The predicted octanol–water partition coefficient (Wildman–Crippen LogP) is 1.95. The van der Waals surface area contributed by atoms with Gasteiger partial charge in [-0.15, -0.1) is 0 Å². The largest absolute Gasteiger partial charge is 0.507 e. The van der Waals surface area contributed by atoms with Crippen LogP contribution >= 0.6 is 0 Å². The highest BCUT2D eigenvalue weighted by molar-refractivity contribution is 5.99. The van der Waals surface area contributed by atoms with Gasteiger partial charge in [0.25, 0.3) is 0 Å². The van der Waals surface area contributed by atoms with Gasteiger partial charge in [-0.3, -0.25) is 4.79 Å². The Labute approximate surface area is 101 Å². The van der Waals surface area contributed by atoms with Crippen LogP contribution in [0.2, 0.25) is 0 Å². The summed E-state index contributed by atoms with van der Waals surface area (Å²) in [6.45, 7) is -0.0170. The highest BCUT2D eigenvalue weighted by Gasteiger charge is 2.36. The lowest BCUT2D eigenvalue weighted by Crippen LogP contribution is -2.12. The first-order valence-corrected chi connectivity index (χ1v) is 5.02. The van der Waals surface area contributed by atoms with Crippen molar-refractivity contribution in [3.8, 4) is 11.5 Å². The second-order valence-corrected chi connectivity index (χ2v) is 3.53. The monoisotopic (exact) mass is 263 g/mol. The zero-order chi connectivity index (χ0) is 13.9. The van der Waals surface area contributed by atoms with Crippen molar-refractivity contribution >= 4 is 5.78 Å². The molecular formula is C11H12F3NO3. The Hall–Kier alpha value is -1.76. The van der Waals surface area contributed by atoms with E-state index in [0.717, 1.165) is 6.07 Å². The number of ether oxygens (including phenoxy) is 1. The first-order valence-electron chi connectivity index (χ1n) is 5.02. The minimum absolute atomic E-state index is 0.0170. The first-order chi connectivity index (χ1) is 8.31. The molecule has 1 rings (SSSR count). The van der Waals surface area contributed by atoms with E-state index in [4.69, 9.17) is 5.73 Å². The fourth-order valence-electron chi connectivity index (χ4n) is 1.42. The molecule has 1 aromatic rings. The number of ketones is 1. The summed E-state index contributed by atoms with van der Waals surface area (Å²) < 4.78 is 42.6. The highest BCUT2D eigenvalue weighted by Crippen LogP contribution is 2.40. The predicted molar refractivity (Wildman–Crippen MR) is 57.7 cm³/mol. The molecule has 0 atom stereocenters. The number of rotatable bonds is 4. The Morgan fingerprint density at radius 2 is 2.06 bits per heavy atom. The number of nitrogens with two attached hydrogens (primary N) is 1. The van der Waals surface area contributed by atoms with E-state index >= 15 is 0 Å². The van der Waals surface area contributed by atoms with E-state index in [-0.39, 0.29) is 18.7 Å². The third kappa shape index (κ3) is 2.92. The number of Topliss-reactive ketones (excluding diaryl/α,β-unsaturated/α-hetero) is 1. The smallest absolute Gasteiger partial charge is 0.420 e. The number of aromatic hydroxyl groups is 1. The molecule has 0 fully saturated rings. The average molecular weight is 263 g/mol. The lowest BCUT2D eigenvalue weighted by atomic mass is 10.0. The number of halogens is 3. The number of carbonyl (C=O) groups excluding carboxylic acids is 1. The van der Waals surface area contributed by atoms with E-state index < -0.39 is 28.8 Å². The number of alkyl halides is 3. The van der Waals surface area contributed by atoms with Gasteiger partial charge < -0.3 is 15.6 Å². The zero-order valence-electron chi connectivity index (χ0n) is 9.54. The molecule has 3 N–H and O–H groups in total. The topological polar surface area (TPSA) is 72.5 Å². The molecule has 0 aromatic heterocycles. The second kappa shape index (κ2) is 5.26. The Kier molecular flexibility index (Phi) is 4.18. The molecule has 0 saturated heterocycles. The van der Waals surface area contributed by atoms with Gasteiger partial charge in [-0.25, -0.2) is 0 Å². The highest BCUT2D eigenvalue weighted by atomic mass is 19.4. The number of phenolic OH excluding ortho intramolecular Hbond substituents is 1. The third-order valence-electron chi connectivity index (χ3n) is 2.30. The molecule has 7 heteroatoms. The van der Waals surface area contributed by atoms with Gasteiger partial charge in [0, 0.05) is 6.42 Å². The normalized spacial score (nSPS) is 11.4. The van der Waals surface area contributed by atoms with Crippen LogP contribution in [0.15, 0.2) is 12.1 Å². The molecule has 0 radical (unpaired) electrons. The molecule has 1 aromatic carbocycles. The minimum Gasteiger partial charge on any atom is -0.507 e. The fourth-order valence-corrected chi connectivity index (χ4v) is 1.42. The van der Waals surface area contributed by atoms with Gasteiger partial charge in [0.05, 0.1) is 12.7 Å². The third-order valence-corrected chi connectivity index (χ3v) is 2.30. The van der Waals surface area contributed by atoms with Gasteiger partial charge in [0.1, 0.15) is 17.1 Å². The van der Waals surface area contributed by atoms with Gasteiger partial charge in [0.2, 0.25) is 0 Å². The first kappa shape index (κ1) is 14.3. The van der Waals surface area contributed by atoms with E-state index in [2.05, 4.69) is 4.74 Å². The number of carbonyl (C=O) groups is 1. The van der Waals surface area contributed by atoms with Gasteiger partial charge >= 0.3 is 6.18 Å². The number of benzene rings is 1. The maximum atomic E-state index is 12.6. The molecule has 0 spiro atoms. The van der Waals surface area contributed by atoms with Crippen LogP contribution in [0.1, 0.15) is 22.3 Å². The van der Waals surface area contributed by atoms with Crippen molar-refractivity contribution in [1.82, 2.24) is 0 Å². The molecule has 0 amide bonds. The van der Waals surface area contributed by atoms with Crippen molar-refractivity contribution in [2.75, 3.05) is 13.7 Å². The van der Waals surface area contributed by atoms with Gasteiger partial charge in [-0.05, 0) is 18.7 Å². The number of methoxy groups -OCH3 is 1. The summed E-state index contributed by atoms with van der Waals surface area (Å²) in [6.07, 6.45) is -4.92. The maximum Gasteiger partial charge on any atom is 0.420 e. The molecule has 0 unspecified atom stereocenters. The lowest BCUT2D eigenvalue weighted by molar-refractivity contribution is -0.138. The number of hydrogen-bond acceptors (Lipinski definition) is 4. The standard InChI is InChI=1S/C11H12F3NO3/c1-18-6-4-7(9(16)2-3-15)10(17)8(5-6)11(12,13)14/h4-5,17H,2-3,15H2,1H3. The molecule has 4 nitrogen and oxygen atoms in total. The average Bonchev–Trinajstić information content (AvgIpc) is 2.28. The molecule has 0 aliphatic rings. The second-order valence-electron chi connectivity index (χ2n) is 3.53. The molecule has 100 valence electrons. The summed E-state index contributed by atoms with van der Waals surface area (Å²) >= 11 is 0. The van der Waals surface area contributed by atoms with Crippen molar-refractivity contribution in [3.05, 3.63) is 23.3 Å². The molecular weight excluding hydrogens is 251 g/mol. The van der Waals surface area contributed by atoms with E-state index in [1.165, 1.54) is 7.11 Å². The summed E-state index contributed by atoms with van der Waals surface area (Å²) in [7, 11) is 1.17. The van der Waals surface area contributed by atoms with Crippen LogP contribution in [0.3, 0.4) is 0 Å². The SMILES string of the molecule is COc1cc(C(=O)CCN)c(O)c(C(F)(F)F)c1. The minimum atomic E-state index is -4.77. The van der Waals surface area contributed by atoms with Crippen LogP contribution in [0.25, 0.3) is 0 Å². The molecule has 18 heavy (non-hydrogen) atoms. The van der Waals surface area contributed by atoms with E-state index in [1.807, 2.05) is 0 Å². The fraction of sp³-hybridized carbons (Fsp3) is 0.364. The molecule has 0 aliphatic heterocycles. The van der Waals surface area contributed by atoms with Crippen LogP contribution < -0.4 is 10.5 Å². The Morgan fingerprint density at radius 3 is 2.50 bits per heavy atom. The van der Waals surface area contributed by atoms with E-state index in [0.29, 0.717) is 6.07 Å². The van der Waals surface area contributed by atoms with Crippen molar-refractivity contribution < 1.29 is 27.8 Å². The molecule has 0 heterocycles. The van der Waals surface area contributed by atoms with Crippen LogP contribution in [-0.4, -0.2) is 24.5 Å². The van der Waals surface area contributed by atoms with Gasteiger partial charge in [-0.2, -0.15) is 13.2 Å². The van der Waals surface area contributed by atoms with Crippen molar-refractivity contribution in [2.24, 2.45) is 5.73 Å². The van der Waals surface area contributed by atoms with Crippen molar-refractivity contribution in [1.29, 1.82) is 0 Å². The number of hydrogen-bond donors (Lipinski definition) is 2. The Morgan fingerprint density at radius 1 is 1.44 bits per heavy atom. The van der Waals surface area contributed by atoms with Crippen molar-refractivity contribution in [2.45, 2.75) is 12.6 Å². The maximum absolute atomic E-state index is 12.6. The van der Waals surface area contributed by atoms with E-state index in [9.17, 15) is 23.1 Å². The lowest BCUT2D eigenvalue weighted by Gasteiger charge is -2.13. The summed E-state index contributed by atoms with van der Waals surface area (Å²) in [5, 5.41) is 9.50. The van der Waals surface area contributed by atoms with E-state index in [1.54, 1.807) is 0 Å². The molecule has 0 aliphatic carbocycles.